The van der Waals surface area contributed by atoms with Crippen molar-refractivity contribution < 1.29 is 18.3 Å². The summed E-state index contributed by atoms with van der Waals surface area (Å²) in [6, 6.07) is 2.21. The Bertz CT molecular complexity index is 654. The van der Waals surface area contributed by atoms with Crippen LogP contribution in [0.15, 0.2) is 17.0 Å². The Morgan fingerprint density at radius 2 is 2.00 bits per heavy atom. The molecule has 0 saturated heterocycles. The smallest absolute Gasteiger partial charge is 0.337 e. The fourth-order valence-electron chi connectivity index (χ4n) is 1.19. The minimum absolute atomic E-state index is 0.0140. The molecular weight excluding hydrogens is 299 g/mol. The molecule has 0 bridgehead atoms. The summed E-state index contributed by atoms with van der Waals surface area (Å²) in [4.78, 5) is 10.6. The van der Waals surface area contributed by atoms with Crippen molar-refractivity contribution in [2.75, 3.05) is 5.75 Å². The number of aromatic carboxylic acids is 1. The lowest BCUT2D eigenvalue weighted by Gasteiger charge is -2.07. The molecule has 0 aliphatic heterocycles. The van der Waals surface area contributed by atoms with Crippen LogP contribution in [-0.4, -0.2) is 25.2 Å². The van der Waals surface area contributed by atoms with E-state index >= 15 is 0 Å². The zero-order valence-electron chi connectivity index (χ0n) is 9.20. The number of hydrogen-bond acceptors (Lipinski definition) is 3. The monoisotopic (exact) mass is 306 g/mol. The maximum Gasteiger partial charge on any atom is 0.337 e. The van der Waals surface area contributed by atoms with Crippen molar-refractivity contribution in [1.29, 1.82) is 0 Å². The van der Waals surface area contributed by atoms with Gasteiger partial charge in [-0.25, -0.2) is 13.2 Å². The quantitative estimate of drug-likeness (QED) is 0.871. The molecular formula is C11H8Cl2O4S. The Morgan fingerprint density at radius 1 is 1.39 bits per heavy atom. The molecule has 1 N–H and O–H groups in total. The van der Waals surface area contributed by atoms with Gasteiger partial charge in [-0.2, -0.15) is 0 Å². The molecule has 0 amide bonds. The Labute approximate surface area is 114 Å². The number of carbonyl (C=O) groups is 1. The van der Waals surface area contributed by atoms with Crippen LogP contribution in [0.2, 0.25) is 10.0 Å². The molecule has 0 aromatic heterocycles. The first-order chi connectivity index (χ1) is 8.29. The first kappa shape index (κ1) is 14.8. The largest absolute Gasteiger partial charge is 0.478 e. The average Bonchev–Trinajstić information content (AvgIpc) is 2.28. The first-order valence-corrected chi connectivity index (χ1v) is 7.05. The highest BCUT2D eigenvalue weighted by atomic mass is 35.5. The van der Waals surface area contributed by atoms with E-state index in [1.54, 1.807) is 0 Å². The van der Waals surface area contributed by atoms with E-state index in [2.05, 4.69) is 11.8 Å². The summed E-state index contributed by atoms with van der Waals surface area (Å²) in [6.07, 6.45) is 0. The van der Waals surface area contributed by atoms with Crippen LogP contribution >= 0.6 is 23.2 Å². The molecule has 0 heterocycles. The molecule has 0 aliphatic carbocycles. The first-order valence-electron chi connectivity index (χ1n) is 4.64. The third kappa shape index (κ3) is 3.16. The van der Waals surface area contributed by atoms with Crippen molar-refractivity contribution in [3.05, 3.63) is 27.7 Å². The van der Waals surface area contributed by atoms with Crippen LogP contribution in [-0.2, 0) is 9.84 Å². The van der Waals surface area contributed by atoms with Gasteiger partial charge in [-0.05, 0) is 19.1 Å². The summed E-state index contributed by atoms with van der Waals surface area (Å²) in [6.45, 7) is 1.50. The highest BCUT2D eigenvalue weighted by Gasteiger charge is 2.23. The molecule has 0 spiro atoms. The van der Waals surface area contributed by atoms with Crippen LogP contribution in [0.1, 0.15) is 17.3 Å². The van der Waals surface area contributed by atoms with Gasteiger partial charge >= 0.3 is 5.97 Å². The van der Waals surface area contributed by atoms with E-state index in [9.17, 15) is 13.2 Å². The van der Waals surface area contributed by atoms with Gasteiger partial charge < -0.3 is 5.11 Å². The predicted octanol–water partition coefficient (Wildman–Crippen LogP) is 2.49. The summed E-state index contributed by atoms with van der Waals surface area (Å²) in [7, 11) is -3.78. The molecule has 18 heavy (non-hydrogen) atoms. The maximum atomic E-state index is 11.9. The van der Waals surface area contributed by atoms with Gasteiger partial charge in [0.15, 0.2) is 9.84 Å². The summed E-state index contributed by atoms with van der Waals surface area (Å²) < 4.78 is 23.8. The van der Waals surface area contributed by atoms with Crippen LogP contribution in [0.3, 0.4) is 0 Å². The van der Waals surface area contributed by atoms with Crippen LogP contribution in [0.5, 0.6) is 0 Å². The van der Waals surface area contributed by atoms with Gasteiger partial charge in [0, 0.05) is 5.02 Å². The van der Waals surface area contributed by atoms with Gasteiger partial charge in [0.2, 0.25) is 0 Å². The number of carboxylic acids is 1. The Hall–Kier alpha value is -1.22. The number of benzene rings is 1. The van der Waals surface area contributed by atoms with E-state index in [1.807, 2.05) is 0 Å². The molecule has 0 fully saturated rings. The van der Waals surface area contributed by atoms with Gasteiger partial charge in [-0.1, -0.05) is 29.1 Å². The second-order valence-corrected chi connectivity index (χ2v) is 6.03. The molecule has 0 atom stereocenters. The minimum atomic E-state index is -3.78. The van der Waals surface area contributed by atoms with Gasteiger partial charge in [-0.3, -0.25) is 0 Å². The lowest BCUT2D eigenvalue weighted by molar-refractivity contribution is 0.0697. The average molecular weight is 307 g/mol. The van der Waals surface area contributed by atoms with E-state index in [-0.39, 0.29) is 20.5 Å². The summed E-state index contributed by atoms with van der Waals surface area (Å²) in [5.41, 5.74) is -0.354. The molecule has 0 aliphatic rings. The predicted molar refractivity (Wildman–Crippen MR) is 68.9 cm³/mol. The van der Waals surface area contributed by atoms with Crippen molar-refractivity contribution in [1.82, 2.24) is 0 Å². The lowest BCUT2D eigenvalue weighted by Crippen LogP contribution is -2.09. The molecule has 7 heteroatoms. The SMILES string of the molecule is CC#CCS(=O)(=O)c1cc(Cl)cc(C(=O)O)c1Cl. The Kier molecular flexibility index (Phi) is 4.63. The van der Waals surface area contributed by atoms with Crippen LogP contribution < -0.4 is 0 Å². The van der Waals surface area contributed by atoms with E-state index in [0.29, 0.717) is 0 Å². The van der Waals surface area contributed by atoms with E-state index in [1.165, 1.54) is 6.92 Å². The van der Waals surface area contributed by atoms with Gasteiger partial charge in [0.1, 0.15) is 5.75 Å². The van der Waals surface area contributed by atoms with Crippen molar-refractivity contribution in [2.45, 2.75) is 11.8 Å². The summed E-state index contributed by atoms with van der Waals surface area (Å²) in [5.74, 6) is 3.05. The Morgan fingerprint density at radius 3 is 2.50 bits per heavy atom. The number of rotatable bonds is 3. The van der Waals surface area contributed by atoms with E-state index in [4.69, 9.17) is 28.3 Å². The summed E-state index contributed by atoms with van der Waals surface area (Å²) >= 11 is 11.5. The fourth-order valence-corrected chi connectivity index (χ4v) is 3.20. The van der Waals surface area contributed by atoms with Gasteiger partial charge in [-0.15, -0.1) is 5.92 Å². The van der Waals surface area contributed by atoms with Crippen LogP contribution in [0.25, 0.3) is 0 Å². The van der Waals surface area contributed by atoms with Crippen molar-refractivity contribution >= 4 is 39.0 Å². The molecule has 0 unspecified atom stereocenters. The van der Waals surface area contributed by atoms with Crippen molar-refractivity contribution in [2.24, 2.45) is 0 Å². The molecule has 1 rings (SSSR count). The zero-order chi connectivity index (χ0) is 13.9. The van der Waals surface area contributed by atoms with Crippen molar-refractivity contribution in [3.63, 3.8) is 0 Å². The standard InChI is InChI=1S/C11H8Cl2O4S/c1-2-3-4-18(16,17)9-6-7(12)5-8(10(9)13)11(14)15/h5-6H,4H2,1H3,(H,14,15). The molecule has 0 saturated carbocycles. The molecule has 0 radical (unpaired) electrons. The lowest BCUT2D eigenvalue weighted by atomic mass is 10.2. The van der Waals surface area contributed by atoms with Crippen LogP contribution in [0, 0.1) is 11.8 Å². The number of sulfone groups is 1. The summed E-state index contributed by atoms with van der Waals surface area (Å²) in [5, 5.41) is 8.52. The highest BCUT2D eigenvalue weighted by Crippen LogP contribution is 2.30. The molecule has 1 aromatic carbocycles. The highest BCUT2D eigenvalue weighted by molar-refractivity contribution is 7.91. The molecule has 4 nitrogen and oxygen atoms in total. The molecule has 96 valence electrons. The third-order valence-electron chi connectivity index (χ3n) is 2.01. The van der Waals surface area contributed by atoms with Crippen LogP contribution in [0.4, 0.5) is 0 Å². The second kappa shape index (κ2) is 5.61. The van der Waals surface area contributed by atoms with E-state index in [0.717, 1.165) is 12.1 Å². The number of hydrogen-bond donors (Lipinski definition) is 1. The topological polar surface area (TPSA) is 71.4 Å². The Balaban J connectivity index is 3.50. The maximum absolute atomic E-state index is 11.9. The molecule has 1 aromatic rings. The van der Waals surface area contributed by atoms with Crippen molar-refractivity contribution in [3.8, 4) is 11.8 Å². The van der Waals surface area contributed by atoms with Gasteiger partial charge in [0.05, 0.1) is 15.5 Å². The fraction of sp³-hybridized carbons (Fsp3) is 0.182. The van der Waals surface area contributed by atoms with Gasteiger partial charge in [0.25, 0.3) is 0 Å². The zero-order valence-corrected chi connectivity index (χ0v) is 11.5. The minimum Gasteiger partial charge on any atom is -0.478 e. The second-order valence-electron chi connectivity index (χ2n) is 3.26. The normalized spacial score (nSPS) is 10.6. The van der Waals surface area contributed by atoms with E-state index < -0.39 is 21.6 Å². The third-order valence-corrected chi connectivity index (χ3v) is 4.26. The number of carboxylic acid groups (broad SMARTS) is 1. The number of halogens is 2.